The second-order valence-electron chi connectivity index (χ2n) is 0.694. The molecule has 0 aliphatic heterocycles. The molecule has 0 saturated carbocycles. The van der Waals surface area contributed by atoms with Crippen molar-refractivity contribution >= 4 is 5.97 Å². The van der Waals surface area contributed by atoms with Gasteiger partial charge in [0, 0.05) is 0 Å². The average Bonchev–Trinajstić information content (AvgIpc) is 1.65. The Morgan fingerprint density at radius 1 is 1.86 bits per heavy atom. The Morgan fingerprint density at radius 2 is 2.29 bits per heavy atom. The first kappa shape index (κ1) is 10.4. The van der Waals surface area contributed by atoms with E-state index in [1.165, 1.54) is 0 Å². The molecule has 5 heteroatoms. The van der Waals surface area contributed by atoms with Gasteiger partial charge in [0.05, 0.1) is 6.54 Å². The van der Waals surface area contributed by atoms with Crippen molar-refractivity contribution < 1.29 is 40.6 Å². The molecule has 0 aliphatic carbocycles. The van der Waals surface area contributed by atoms with E-state index in [4.69, 9.17) is 5.73 Å². The van der Waals surface area contributed by atoms with E-state index in [2.05, 4.69) is 10.7 Å². The minimum Gasteiger partial charge on any atom is -1.00 e. The van der Waals surface area contributed by atoms with E-state index < -0.39 is 5.97 Å². The molecule has 0 rings (SSSR count). The van der Waals surface area contributed by atoms with Crippen LogP contribution in [-0.4, -0.2) is 12.5 Å². The summed E-state index contributed by atoms with van der Waals surface area (Å²) in [6.07, 6.45) is 0. The first-order valence-electron chi connectivity index (χ1n) is 1.41. The Balaban J connectivity index is -0.000000125. The number of rotatable bonds is 1. The van der Waals surface area contributed by atoms with Crippen LogP contribution in [-0.2, 0) is 9.63 Å². The fourth-order valence-corrected chi connectivity index (χ4v) is 0.0481. The fraction of sp³-hybridized carbons (Fsp3) is 0.500. The topological polar surface area (TPSA) is 78.3 Å². The average molecular weight is 114 g/mol. The van der Waals surface area contributed by atoms with Crippen molar-refractivity contribution in [2.75, 3.05) is 6.54 Å². The first-order valence-corrected chi connectivity index (χ1v) is 1.41. The second-order valence-corrected chi connectivity index (χ2v) is 0.694. The van der Waals surface area contributed by atoms with Crippen LogP contribution >= 0.6 is 0 Å². The van der Waals surface area contributed by atoms with Crippen LogP contribution in [0.4, 0.5) is 0 Å². The number of carbonyl (C=O) groups excluding carboxylic acids is 1. The van der Waals surface area contributed by atoms with Gasteiger partial charge >= 0.3 is 35.5 Å². The SMILES string of the molecule is NCC(=O)ON.[H-].[Na+]. The Hall–Kier alpha value is 0.390. The van der Waals surface area contributed by atoms with Crippen molar-refractivity contribution in [3.8, 4) is 0 Å². The van der Waals surface area contributed by atoms with Gasteiger partial charge in [-0.25, -0.2) is 4.79 Å². The van der Waals surface area contributed by atoms with E-state index >= 15 is 0 Å². The van der Waals surface area contributed by atoms with Gasteiger partial charge in [0.25, 0.3) is 0 Å². The van der Waals surface area contributed by atoms with Gasteiger partial charge in [-0.05, 0) is 0 Å². The molecular formula is C2H7N2NaO2. The van der Waals surface area contributed by atoms with Crippen LogP contribution in [0.25, 0.3) is 0 Å². The zero-order valence-corrected chi connectivity index (χ0v) is 6.18. The van der Waals surface area contributed by atoms with Crippen LogP contribution in [0.5, 0.6) is 0 Å². The van der Waals surface area contributed by atoms with Gasteiger partial charge in [-0.15, -0.1) is 0 Å². The predicted molar refractivity (Wildman–Crippen MR) is 20.4 cm³/mol. The molecule has 0 amide bonds. The molecule has 0 saturated heterocycles. The van der Waals surface area contributed by atoms with Crippen molar-refractivity contribution in [2.45, 2.75) is 0 Å². The molecule has 0 aliphatic rings. The number of hydrogen-bond donors (Lipinski definition) is 2. The molecule has 4 N–H and O–H groups in total. The minimum atomic E-state index is -0.602. The van der Waals surface area contributed by atoms with Gasteiger partial charge in [0.1, 0.15) is 0 Å². The Kier molecular flexibility index (Phi) is 9.48. The van der Waals surface area contributed by atoms with E-state index in [1.54, 1.807) is 0 Å². The van der Waals surface area contributed by atoms with E-state index in [1.807, 2.05) is 0 Å². The molecule has 0 radical (unpaired) electrons. The molecule has 0 atom stereocenters. The van der Waals surface area contributed by atoms with E-state index in [0.717, 1.165) is 0 Å². The molecule has 38 valence electrons. The Labute approximate surface area is 64.9 Å². The minimum absolute atomic E-state index is 0. The maximum Gasteiger partial charge on any atom is 1.00 e. The van der Waals surface area contributed by atoms with Crippen molar-refractivity contribution in [1.82, 2.24) is 0 Å². The largest absolute Gasteiger partial charge is 1.00 e. The summed E-state index contributed by atoms with van der Waals surface area (Å²) in [5, 5.41) is 0. The summed E-state index contributed by atoms with van der Waals surface area (Å²) in [6.45, 7) is -0.156. The smallest absolute Gasteiger partial charge is 1.00 e. The standard InChI is InChI=1S/C2H6N2O2.Na.H/c3-1-2(5)6-4;;/h1,3-4H2;;/q;+1;-1. The Morgan fingerprint density at radius 3 is 2.29 bits per heavy atom. The molecule has 0 unspecified atom stereocenters. The van der Waals surface area contributed by atoms with Crippen molar-refractivity contribution in [2.24, 2.45) is 11.6 Å². The van der Waals surface area contributed by atoms with Crippen LogP contribution in [0, 0.1) is 0 Å². The first-order chi connectivity index (χ1) is 2.81. The third kappa shape index (κ3) is 6.39. The summed E-state index contributed by atoms with van der Waals surface area (Å²) < 4.78 is 0. The third-order valence-electron chi connectivity index (χ3n) is 0.298. The summed E-state index contributed by atoms with van der Waals surface area (Å²) in [5.41, 5.74) is 4.73. The number of carbonyl (C=O) groups is 1. The van der Waals surface area contributed by atoms with Crippen LogP contribution in [0.3, 0.4) is 0 Å². The van der Waals surface area contributed by atoms with Crippen LogP contribution in [0.1, 0.15) is 1.43 Å². The van der Waals surface area contributed by atoms with Gasteiger partial charge in [-0.1, -0.05) is 0 Å². The monoisotopic (exact) mass is 114 g/mol. The molecule has 4 nitrogen and oxygen atoms in total. The van der Waals surface area contributed by atoms with Crippen LogP contribution in [0.15, 0.2) is 0 Å². The van der Waals surface area contributed by atoms with Gasteiger partial charge in [0.15, 0.2) is 0 Å². The van der Waals surface area contributed by atoms with Gasteiger partial charge < -0.3 is 12.0 Å². The molecule has 0 aromatic carbocycles. The molecule has 0 aromatic heterocycles. The number of hydrogen-bond acceptors (Lipinski definition) is 4. The summed E-state index contributed by atoms with van der Waals surface area (Å²) in [6, 6.07) is 0. The predicted octanol–water partition coefficient (Wildman–Crippen LogP) is -4.52. The van der Waals surface area contributed by atoms with Crippen molar-refractivity contribution in [1.29, 1.82) is 0 Å². The third-order valence-corrected chi connectivity index (χ3v) is 0.298. The van der Waals surface area contributed by atoms with Crippen LogP contribution in [0.2, 0.25) is 0 Å². The molecule has 0 heterocycles. The second kappa shape index (κ2) is 6.39. The van der Waals surface area contributed by atoms with Gasteiger partial charge in [0.2, 0.25) is 0 Å². The zero-order valence-electron chi connectivity index (χ0n) is 5.18. The summed E-state index contributed by atoms with van der Waals surface area (Å²) in [5.74, 6) is 3.75. The quantitative estimate of drug-likeness (QED) is 0.266. The molecule has 0 aromatic rings. The summed E-state index contributed by atoms with van der Waals surface area (Å²) in [4.78, 5) is 13.3. The van der Waals surface area contributed by atoms with Gasteiger partial charge in [-0.3, -0.25) is 0 Å². The summed E-state index contributed by atoms with van der Waals surface area (Å²) in [7, 11) is 0. The maximum absolute atomic E-state index is 9.71. The Bertz CT molecular complexity index is 56.0. The maximum atomic E-state index is 9.71. The molecular weight excluding hydrogens is 107 g/mol. The van der Waals surface area contributed by atoms with E-state index in [0.29, 0.717) is 0 Å². The van der Waals surface area contributed by atoms with Gasteiger partial charge in [-0.2, -0.15) is 5.90 Å². The normalized spacial score (nSPS) is 6.57. The van der Waals surface area contributed by atoms with Crippen LogP contribution < -0.4 is 41.2 Å². The molecule has 0 spiro atoms. The van der Waals surface area contributed by atoms with Crippen molar-refractivity contribution in [3.63, 3.8) is 0 Å². The fourth-order valence-electron chi connectivity index (χ4n) is 0.0481. The zero-order chi connectivity index (χ0) is 4.99. The molecule has 0 fully saturated rings. The van der Waals surface area contributed by atoms with Crippen molar-refractivity contribution in [3.05, 3.63) is 0 Å². The van der Waals surface area contributed by atoms with E-state index in [-0.39, 0.29) is 37.5 Å². The molecule has 0 bridgehead atoms. The van der Waals surface area contributed by atoms with E-state index in [9.17, 15) is 4.79 Å². The number of nitrogens with two attached hydrogens (primary N) is 2. The summed E-state index contributed by atoms with van der Waals surface area (Å²) >= 11 is 0. The molecule has 7 heavy (non-hydrogen) atoms.